The van der Waals surface area contributed by atoms with E-state index in [1.807, 2.05) is 32.0 Å². The zero-order valence-electron chi connectivity index (χ0n) is 12.3. The highest BCUT2D eigenvalue weighted by Crippen LogP contribution is 2.18. The summed E-state index contributed by atoms with van der Waals surface area (Å²) in [5.74, 6) is -0.232. The monoisotopic (exact) mass is 278 g/mol. The summed E-state index contributed by atoms with van der Waals surface area (Å²) in [5, 5.41) is 5.55. The first kappa shape index (κ1) is 16.0. The first-order chi connectivity index (χ1) is 9.54. The summed E-state index contributed by atoms with van der Waals surface area (Å²) in [5.41, 5.74) is 2.87. The Balaban J connectivity index is 2.32. The molecule has 0 heterocycles. The zero-order chi connectivity index (χ0) is 15.0. The molecule has 0 unspecified atom stereocenters. The summed E-state index contributed by atoms with van der Waals surface area (Å²) < 4.78 is 4.81. The Morgan fingerprint density at radius 1 is 1.20 bits per heavy atom. The van der Waals surface area contributed by atoms with Gasteiger partial charge in [-0.2, -0.15) is 0 Å². The molecule has 0 saturated carbocycles. The first-order valence-corrected chi connectivity index (χ1v) is 6.81. The molecule has 2 amide bonds. The lowest BCUT2D eigenvalue weighted by molar-refractivity contribution is -0.143. The van der Waals surface area contributed by atoms with Gasteiger partial charge in [-0.15, -0.1) is 0 Å². The van der Waals surface area contributed by atoms with Crippen LogP contribution in [0.25, 0.3) is 0 Å². The number of anilines is 1. The summed E-state index contributed by atoms with van der Waals surface area (Å²) in [6.07, 6.45) is 0.885. The molecule has 20 heavy (non-hydrogen) atoms. The van der Waals surface area contributed by atoms with E-state index < -0.39 is 0 Å². The number of para-hydroxylation sites is 1. The molecule has 0 aliphatic carbocycles. The summed E-state index contributed by atoms with van der Waals surface area (Å²) in [6.45, 7) is 6.50. The van der Waals surface area contributed by atoms with Crippen molar-refractivity contribution in [1.29, 1.82) is 0 Å². The number of carbonyl (C=O) groups is 2. The summed E-state index contributed by atoms with van der Waals surface area (Å²) >= 11 is 0. The van der Waals surface area contributed by atoms with E-state index in [-0.39, 0.29) is 12.0 Å². The highest BCUT2D eigenvalue weighted by Gasteiger charge is 2.07. The second-order valence-corrected chi connectivity index (χ2v) is 4.56. The quantitative estimate of drug-likeness (QED) is 0.621. The predicted octanol–water partition coefficient (Wildman–Crippen LogP) is 2.77. The number of hydrogen-bond acceptors (Lipinski definition) is 3. The molecule has 0 radical (unpaired) electrons. The van der Waals surface area contributed by atoms with Crippen molar-refractivity contribution in [3.05, 3.63) is 29.3 Å². The molecule has 110 valence electrons. The molecule has 2 N–H and O–H groups in total. The maximum absolute atomic E-state index is 11.7. The van der Waals surface area contributed by atoms with Gasteiger partial charge in [0.2, 0.25) is 0 Å². The Labute approximate surface area is 119 Å². The average Bonchev–Trinajstić information content (AvgIpc) is 2.39. The topological polar surface area (TPSA) is 67.4 Å². The molecule has 0 atom stereocenters. The van der Waals surface area contributed by atoms with E-state index in [1.54, 1.807) is 6.92 Å². The van der Waals surface area contributed by atoms with E-state index in [9.17, 15) is 9.59 Å². The Bertz CT molecular complexity index is 452. The number of aryl methyl sites for hydroxylation is 2. The van der Waals surface area contributed by atoms with Crippen LogP contribution in [-0.4, -0.2) is 25.2 Å². The Morgan fingerprint density at radius 3 is 2.45 bits per heavy atom. The van der Waals surface area contributed by atoms with Crippen LogP contribution < -0.4 is 10.6 Å². The molecule has 1 rings (SSSR count). The van der Waals surface area contributed by atoms with Crippen LogP contribution >= 0.6 is 0 Å². The van der Waals surface area contributed by atoms with Gasteiger partial charge in [0.05, 0.1) is 6.61 Å². The summed E-state index contributed by atoms with van der Waals surface area (Å²) in [6, 6.07) is 5.59. The number of nitrogens with one attached hydrogen (secondary N) is 2. The second kappa shape index (κ2) is 8.19. The molecule has 1 aromatic carbocycles. The van der Waals surface area contributed by atoms with Crippen molar-refractivity contribution < 1.29 is 14.3 Å². The van der Waals surface area contributed by atoms with E-state index in [4.69, 9.17) is 4.74 Å². The maximum atomic E-state index is 11.7. The molecule has 5 nitrogen and oxygen atoms in total. The molecule has 5 heteroatoms. The van der Waals surface area contributed by atoms with Crippen molar-refractivity contribution in [2.45, 2.75) is 33.6 Å². The highest BCUT2D eigenvalue weighted by atomic mass is 16.5. The summed E-state index contributed by atoms with van der Waals surface area (Å²) in [4.78, 5) is 22.9. The molecule has 0 aliphatic rings. The van der Waals surface area contributed by atoms with Crippen LogP contribution in [0.15, 0.2) is 18.2 Å². The number of urea groups is 1. The number of amides is 2. The Kier molecular flexibility index (Phi) is 6.56. The largest absolute Gasteiger partial charge is 0.466 e. The number of rotatable bonds is 6. The van der Waals surface area contributed by atoms with Crippen molar-refractivity contribution in [2.24, 2.45) is 0 Å². The van der Waals surface area contributed by atoms with Gasteiger partial charge in [0, 0.05) is 18.7 Å². The molecule has 0 fully saturated rings. The zero-order valence-corrected chi connectivity index (χ0v) is 12.3. The number of ether oxygens (including phenoxy) is 1. The Morgan fingerprint density at radius 2 is 1.85 bits per heavy atom. The van der Waals surface area contributed by atoms with Gasteiger partial charge in [-0.1, -0.05) is 18.2 Å². The SMILES string of the molecule is CCOC(=O)CCCNC(=O)Nc1c(C)cccc1C. The van der Waals surface area contributed by atoms with Crippen LogP contribution in [0, 0.1) is 13.8 Å². The fourth-order valence-electron chi connectivity index (χ4n) is 1.84. The third kappa shape index (κ3) is 5.30. The molecule has 0 spiro atoms. The second-order valence-electron chi connectivity index (χ2n) is 4.56. The van der Waals surface area contributed by atoms with Crippen LogP contribution in [0.5, 0.6) is 0 Å². The van der Waals surface area contributed by atoms with Crippen LogP contribution in [0.2, 0.25) is 0 Å². The van der Waals surface area contributed by atoms with Gasteiger partial charge in [-0.3, -0.25) is 4.79 Å². The Hall–Kier alpha value is -2.04. The first-order valence-electron chi connectivity index (χ1n) is 6.81. The molecule has 0 bridgehead atoms. The minimum Gasteiger partial charge on any atom is -0.466 e. The lowest BCUT2D eigenvalue weighted by Gasteiger charge is -2.12. The van der Waals surface area contributed by atoms with Crippen LogP contribution in [0.1, 0.15) is 30.9 Å². The van der Waals surface area contributed by atoms with E-state index in [0.717, 1.165) is 16.8 Å². The van der Waals surface area contributed by atoms with Crippen LogP contribution in [0.4, 0.5) is 10.5 Å². The molecular formula is C15H22N2O3. The lowest BCUT2D eigenvalue weighted by Crippen LogP contribution is -2.30. The van der Waals surface area contributed by atoms with Crippen molar-refractivity contribution in [1.82, 2.24) is 5.32 Å². The van der Waals surface area contributed by atoms with Crippen LogP contribution in [-0.2, 0) is 9.53 Å². The molecule has 0 aromatic heterocycles. The minimum absolute atomic E-state index is 0.232. The predicted molar refractivity (Wildman–Crippen MR) is 78.8 cm³/mol. The van der Waals surface area contributed by atoms with Crippen molar-refractivity contribution >= 4 is 17.7 Å². The summed E-state index contributed by atoms with van der Waals surface area (Å²) in [7, 11) is 0. The fourth-order valence-corrected chi connectivity index (χ4v) is 1.84. The minimum atomic E-state index is -0.258. The number of esters is 1. The fraction of sp³-hybridized carbons (Fsp3) is 0.467. The van der Waals surface area contributed by atoms with Gasteiger partial charge >= 0.3 is 12.0 Å². The average molecular weight is 278 g/mol. The molecular weight excluding hydrogens is 256 g/mol. The molecule has 1 aromatic rings. The number of benzene rings is 1. The smallest absolute Gasteiger partial charge is 0.319 e. The third-order valence-corrected chi connectivity index (χ3v) is 2.87. The van der Waals surface area contributed by atoms with E-state index in [2.05, 4.69) is 10.6 Å². The third-order valence-electron chi connectivity index (χ3n) is 2.87. The van der Waals surface area contributed by atoms with Crippen molar-refractivity contribution in [3.8, 4) is 0 Å². The van der Waals surface area contributed by atoms with Crippen LogP contribution in [0.3, 0.4) is 0 Å². The van der Waals surface area contributed by atoms with Gasteiger partial charge in [0.15, 0.2) is 0 Å². The normalized spacial score (nSPS) is 9.95. The van der Waals surface area contributed by atoms with Gasteiger partial charge in [0.1, 0.15) is 0 Å². The standard InChI is InChI=1S/C15H22N2O3/c1-4-20-13(18)9-6-10-16-15(19)17-14-11(2)7-5-8-12(14)3/h5,7-8H,4,6,9-10H2,1-3H3,(H2,16,17,19). The maximum Gasteiger partial charge on any atom is 0.319 e. The molecule has 0 aliphatic heterocycles. The lowest BCUT2D eigenvalue weighted by atomic mass is 10.1. The van der Waals surface area contributed by atoms with Crippen molar-refractivity contribution in [3.63, 3.8) is 0 Å². The van der Waals surface area contributed by atoms with Crippen molar-refractivity contribution in [2.75, 3.05) is 18.5 Å². The van der Waals surface area contributed by atoms with Gasteiger partial charge in [0.25, 0.3) is 0 Å². The highest BCUT2D eigenvalue weighted by molar-refractivity contribution is 5.90. The number of carbonyl (C=O) groups excluding carboxylic acids is 2. The van der Waals surface area contributed by atoms with Gasteiger partial charge in [-0.25, -0.2) is 4.79 Å². The van der Waals surface area contributed by atoms with E-state index >= 15 is 0 Å². The van der Waals surface area contributed by atoms with Gasteiger partial charge in [-0.05, 0) is 38.3 Å². The van der Waals surface area contributed by atoms with E-state index in [1.165, 1.54) is 0 Å². The molecule has 0 saturated heterocycles. The number of hydrogen-bond donors (Lipinski definition) is 2. The van der Waals surface area contributed by atoms with E-state index in [0.29, 0.717) is 26.0 Å². The van der Waals surface area contributed by atoms with Gasteiger partial charge < -0.3 is 15.4 Å².